The Morgan fingerprint density at radius 3 is 2.59 bits per heavy atom. The van der Waals surface area contributed by atoms with Crippen molar-refractivity contribution in [3.05, 3.63) is 16.5 Å². The quantitative estimate of drug-likeness (QED) is 0.817. The summed E-state index contributed by atoms with van der Waals surface area (Å²) < 4.78 is 0. The minimum absolute atomic E-state index is 0.0334. The number of anilines is 1. The number of rotatable bonds is 3. The second-order valence-electron chi connectivity index (χ2n) is 5.28. The predicted octanol–water partition coefficient (Wildman–Crippen LogP) is 4.22. The number of hydrogen-bond donors (Lipinski definition) is 1. The number of nitrogen functional groups attached to an aromatic ring is 1. The third-order valence-corrected chi connectivity index (χ3v) is 4.70. The van der Waals surface area contributed by atoms with Crippen LogP contribution in [0.5, 0.6) is 0 Å². The molecule has 0 aliphatic heterocycles. The Morgan fingerprint density at radius 2 is 2.00 bits per heavy atom. The smallest absolute Gasteiger partial charge is 0.168 e. The van der Waals surface area contributed by atoms with Crippen molar-refractivity contribution >= 4 is 22.1 Å². The first-order chi connectivity index (χ1) is 8.09. The van der Waals surface area contributed by atoms with Gasteiger partial charge in [-0.3, -0.25) is 4.79 Å². The van der Waals surface area contributed by atoms with Crippen LogP contribution >= 0.6 is 11.3 Å². The summed E-state index contributed by atoms with van der Waals surface area (Å²) in [5.41, 5.74) is 6.74. The van der Waals surface area contributed by atoms with Crippen LogP contribution in [0, 0.1) is 5.92 Å². The van der Waals surface area contributed by atoms with Gasteiger partial charge in [0, 0.05) is 10.8 Å². The lowest BCUT2D eigenvalue weighted by molar-refractivity contribution is 0.0940. The molecule has 0 radical (unpaired) electrons. The molecule has 0 amide bonds. The topological polar surface area (TPSA) is 43.1 Å². The molecule has 0 atom stereocenters. The van der Waals surface area contributed by atoms with E-state index in [1.54, 1.807) is 11.3 Å². The zero-order chi connectivity index (χ0) is 12.4. The van der Waals surface area contributed by atoms with Crippen molar-refractivity contribution in [1.29, 1.82) is 0 Å². The Bertz CT molecular complexity index is 402. The van der Waals surface area contributed by atoms with Crippen molar-refractivity contribution in [2.75, 3.05) is 5.73 Å². The molecule has 1 aliphatic carbocycles. The molecule has 1 aliphatic rings. The van der Waals surface area contributed by atoms with Crippen molar-refractivity contribution in [3.63, 3.8) is 0 Å². The number of thiophene rings is 1. The van der Waals surface area contributed by atoms with E-state index >= 15 is 0 Å². The lowest BCUT2D eigenvalue weighted by Crippen LogP contribution is -2.08. The number of carbonyl (C=O) groups excluding carboxylic acids is 1. The Labute approximate surface area is 107 Å². The van der Waals surface area contributed by atoms with Gasteiger partial charge in [0.25, 0.3) is 0 Å². The van der Waals surface area contributed by atoms with Gasteiger partial charge in [0.05, 0.1) is 10.6 Å². The molecule has 2 rings (SSSR count). The maximum absolute atomic E-state index is 12.0. The molecular weight excluding hydrogens is 230 g/mol. The summed E-state index contributed by atoms with van der Waals surface area (Å²) in [5, 5.41) is 0.712. The molecule has 1 aromatic rings. The van der Waals surface area contributed by atoms with Crippen LogP contribution in [0.3, 0.4) is 0 Å². The molecule has 2 N–H and O–H groups in total. The minimum Gasteiger partial charge on any atom is -0.390 e. The van der Waals surface area contributed by atoms with Gasteiger partial charge < -0.3 is 5.73 Å². The largest absolute Gasteiger partial charge is 0.390 e. The van der Waals surface area contributed by atoms with Crippen LogP contribution < -0.4 is 5.73 Å². The van der Waals surface area contributed by atoms with Crippen LogP contribution in [0.2, 0.25) is 0 Å². The molecule has 0 spiro atoms. The minimum atomic E-state index is 0.0334. The zero-order valence-corrected chi connectivity index (χ0v) is 11.5. The number of hydrogen-bond acceptors (Lipinski definition) is 3. The Balaban J connectivity index is 2.20. The molecule has 94 valence electrons. The van der Waals surface area contributed by atoms with E-state index < -0.39 is 0 Å². The van der Waals surface area contributed by atoms with Crippen LogP contribution in [0.15, 0.2) is 6.07 Å². The summed E-state index contributed by atoms with van der Waals surface area (Å²) in [6.07, 6.45) is 6.51. The second-order valence-corrected chi connectivity index (χ2v) is 6.40. The highest BCUT2D eigenvalue weighted by Gasteiger charge is 2.22. The molecule has 0 saturated heterocycles. The van der Waals surface area contributed by atoms with Gasteiger partial charge in [-0.1, -0.05) is 33.1 Å². The molecule has 1 saturated carbocycles. The SMILES string of the molecule is CC(C)C(=O)c1cc(C2CCCCC2)sc1N. The van der Waals surface area contributed by atoms with E-state index in [0.29, 0.717) is 10.9 Å². The van der Waals surface area contributed by atoms with E-state index in [2.05, 4.69) is 6.07 Å². The molecule has 0 aromatic carbocycles. The highest BCUT2D eigenvalue weighted by atomic mass is 32.1. The first-order valence-corrected chi connectivity index (χ1v) is 7.34. The van der Waals surface area contributed by atoms with Crippen LogP contribution in [0.4, 0.5) is 5.00 Å². The number of ketones is 1. The van der Waals surface area contributed by atoms with Crippen molar-refractivity contribution in [2.24, 2.45) is 5.92 Å². The van der Waals surface area contributed by atoms with Crippen molar-refractivity contribution in [3.8, 4) is 0 Å². The van der Waals surface area contributed by atoms with Crippen LogP contribution in [0.25, 0.3) is 0 Å². The summed E-state index contributed by atoms with van der Waals surface area (Å²) in [6, 6.07) is 2.05. The lowest BCUT2D eigenvalue weighted by atomic mass is 9.88. The van der Waals surface area contributed by atoms with E-state index in [-0.39, 0.29) is 11.7 Å². The van der Waals surface area contributed by atoms with Crippen LogP contribution in [-0.2, 0) is 0 Å². The van der Waals surface area contributed by atoms with E-state index in [0.717, 1.165) is 5.56 Å². The fraction of sp³-hybridized carbons (Fsp3) is 0.643. The highest BCUT2D eigenvalue weighted by molar-refractivity contribution is 7.16. The fourth-order valence-electron chi connectivity index (χ4n) is 2.52. The monoisotopic (exact) mass is 251 g/mol. The van der Waals surface area contributed by atoms with E-state index in [1.807, 2.05) is 13.8 Å². The molecule has 1 aromatic heterocycles. The number of carbonyl (C=O) groups is 1. The van der Waals surface area contributed by atoms with Gasteiger partial charge in [-0.25, -0.2) is 0 Å². The van der Waals surface area contributed by atoms with Gasteiger partial charge in [-0.2, -0.15) is 0 Å². The Morgan fingerprint density at radius 1 is 1.35 bits per heavy atom. The van der Waals surface area contributed by atoms with Gasteiger partial charge in [-0.15, -0.1) is 11.3 Å². The third-order valence-electron chi connectivity index (χ3n) is 3.58. The molecule has 1 heterocycles. The highest BCUT2D eigenvalue weighted by Crippen LogP contribution is 2.39. The third kappa shape index (κ3) is 2.71. The maximum atomic E-state index is 12.0. The zero-order valence-electron chi connectivity index (χ0n) is 10.7. The molecular formula is C14H21NOS. The lowest BCUT2D eigenvalue weighted by Gasteiger charge is -2.19. The summed E-state index contributed by atoms with van der Waals surface area (Å²) in [5.74, 6) is 0.858. The summed E-state index contributed by atoms with van der Waals surface area (Å²) in [4.78, 5) is 13.3. The van der Waals surface area contributed by atoms with E-state index in [4.69, 9.17) is 5.73 Å². The maximum Gasteiger partial charge on any atom is 0.168 e. The number of nitrogens with two attached hydrogens (primary N) is 1. The molecule has 0 unspecified atom stereocenters. The van der Waals surface area contributed by atoms with Crippen molar-refractivity contribution in [2.45, 2.75) is 51.9 Å². The molecule has 1 fully saturated rings. The van der Waals surface area contributed by atoms with E-state index in [1.165, 1.54) is 37.0 Å². The first kappa shape index (κ1) is 12.6. The molecule has 0 bridgehead atoms. The molecule has 2 nitrogen and oxygen atoms in total. The van der Waals surface area contributed by atoms with E-state index in [9.17, 15) is 4.79 Å². The van der Waals surface area contributed by atoms with Crippen LogP contribution in [-0.4, -0.2) is 5.78 Å². The van der Waals surface area contributed by atoms with Crippen molar-refractivity contribution < 1.29 is 4.79 Å². The second kappa shape index (κ2) is 5.21. The Kier molecular flexibility index (Phi) is 3.87. The summed E-state index contributed by atoms with van der Waals surface area (Å²) in [7, 11) is 0. The van der Waals surface area contributed by atoms with Gasteiger partial charge in [0.2, 0.25) is 0 Å². The van der Waals surface area contributed by atoms with Crippen molar-refractivity contribution in [1.82, 2.24) is 0 Å². The summed E-state index contributed by atoms with van der Waals surface area (Å²) in [6.45, 7) is 3.86. The normalized spacial score (nSPS) is 17.6. The first-order valence-electron chi connectivity index (χ1n) is 6.53. The average Bonchev–Trinajstić information content (AvgIpc) is 2.71. The summed E-state index contributed by atoms with van der Waals surface area (Å²) >= 11 is 1.62. The van der Waals surface area contributed by atoms with Gasteiger partial charge in [-0.05, 0) is 24.8 Å². The predicted molar refractivity (Wildman–Crippen MR) is 73.7 cm³/mol. The van der Waals surface area contributed by atoms with Gasteiger partial charge in [0.15, 0.2) is 5.78 Å². The average molecular weight is 251 g/mol. The van der Waals surface area contributed by atoms with Gasteiger partial charge >= 0.3 is 0 Å². The molecule has 17 heavy (non-hydrogen) atoms. The van der Waals surface area contributed by atoms with Gasteiger partial charge in [0.1, 0.15) is 0 Å². The fourth-order valence-corrected chi connectivity index (χ4v) is 3.62. The number of Topliss-reactive ketones (excluding diaryl/α,β-unsaturated/α-hetero) is 1. The standard InChI is InChI=1S/C14H21NOS/c1-9(2)13(16)11-8-12(17-14(11)15)10-6-4-3-5-7-10/h8-10H,3-7,15H2,1-2H3. The van der Waals surface area contributed by atoms with Crippen LogP contribution in [0.1, 0.15) is 67.1 Å². The Hall–Kier alpha value is -0.830. The molecule has 3 heteroatoms.